The number of carbonyl (C=O) groups excluding carboxylic acids is 1. The van der Waals surface area contributed by atoms with E-state index in [1.807, 2.05) is 11.9 Å². The Labute approximate surface area is 171 Å². The highest BCUT2D eigenvalue weighted by atomic mass is 79.9. The second kappa shape index (κ2) is 9.18. The molecule has 1 fully saturated rings. The van der Waals surface area contributed by atoms with Gasteiger partial charge >= 0.3 is 5.97 Å². The molecule has 0 bridgehead atoms. The molecule has 0 radical (unpaired) electrons. The van der Waals surface area contributed by atoms with Crippen LogP contribution in [0.25, 0.3) is 0 Å². The number of hydrogen-bond donors (Lipinski definition) is 2. The van der Waals surface area contributed by atoms with Crippen LogP contribution < -0.4 is 10.2 Å². The number of ether oxygens (including phenoxy) is 2. The van der Waals surface area contributed by atoms with Crippen molar-refractivity contribution in [3.05, 3.63) is 58.1 Å². The Bertz CT molecular complexity index is 850. The summed E-state index contributed by atoms with van der Waals surface area (Å²) >= 11 is 3.34. The molecule has 1 amide bonds. The van der Waals surface area contributed by atoms with E-state index in [4.69, 9.17) is 9.47 Å². The summed E-state index contributed by atoms with van der Waals surface area (Å²) in [5, 5.41) is 12.1. The highest BCUT2D eigenvalue weighted by molar-refractivity contribution is 9.10. The van der Waals surface area contributed by atoms with Crippen LogP contribution in [0.4, 0.5) is 11.4 Å². The lowest BCUT2D eigenvalue weighted by molar-refractivity contribution is -0.0837. The number of rotatable bonds is 6. The van der Waals surface area contributed by atoms with E-state index in [0.29, 0.717) is 43.3 Å². The van der Waals surface area contributed by atoms with E-state index in [9.17, 15) is 14.7 Å². The van der Waals surface area contributed by atoms with Crippen molar-refractivity contribution in [1.82, 2.24) is 0 Å². The summed E-state index contributed by atoms with van der Waals surface area (Å²) in [6.07, 6.45) is -0.0899. The highest BCUT2D eigenvalue weighted by Gasteiger charge is 2.20. The zero-order chi connectivity index (χ0) is 20.1. The Kier molecular flexibility index (Phi) is 6.66. The number of anilines is 2. The second-order valence-corrected chi connectivity index (χ2v) is 7.36. The topological polar surface area (TPSA) is 88.1 Å². The van der Waals surface area contributed by atoms with Crippen LogP contribution in [-0.2, 0) is 9.47 Å². The van der Waals surface area contributed by atoms with Gasteiger partial charge in [0.05, 0.1) is 42.9 Å². The third kappa shape index (κ3) is 5.09. The molecule has 0 aromatic heterocycles. The van der Waals surface area contributed by atoms with Gasteiger partial charge in [-0.15, -0.1) is 0 Å². The zero-order valence-electron chi connectivity index (χ0n) is 15.4. The van der Waals surface area contributed by atoms with Gasteiger partial charge in [-0.3, -0.25) is 4.79 Å². The SMILES string of the molecule is CN(CC1COCCO1)c1ccc(C(=O)O)cc1NC(=O)c1ccc(Br)cc1. The number of carbonyl (C=O) groups is 2. The summed E-state index contributed by atoms with van der Waals surface area (Å²) in [5.74, 6) is -1.38. The fourth-order valence-corrected chi connectivity index (χ4v) is 3.21. The maximum Gasteiger partial charge on any atom is 0.335 e. The molecule has 3 rings (SSSR count). The molecule has 1 heterocycles. The summed E-state index contributed by atoms with van der Waals surface area (Å²) in [6.45, 7) is 2.18. The van der Waals surface area contributed by atoms with Crippen LogP contribution in [-0.4, -0.2) is 56.5 Å². The second-order valence-electron chi connectivity index (χ2n) is 6.45. The van der Waals surface area contributed by atoms with Gasteiger partial charge in [-0.1, -0.05) is 15.9 Å². The van der Waals surface area contributed by atoms with E-state index in [1.54, 1.807) is 30.3 Å². The molecule has 7 nitrogen and oxygen atoms in total. The predicted molar refractivity (Wildman–Crippen MR) is 109 cm³/mol. The first-order chi connectivity index (χ1) is 13.4. The molecule has 8 heteroatoms. The van der Waals surface area contributed by atoms with Crippen LogP contribution in [0.5, 0.6) is 0 Å². The number of aromatic carboxylic acids is 1. The number of likely N-dealkylation sites (N-methyl/N-ethyl adjacent to an activating group) is 1. The van der Waals surface area contributed by atoms with E-state index < -0.39 is 5.97 Å². The monoisotopic (exact) mass is 448 g/mol. The summed E-state index contributed by atoms with van der Waals surface area (Å²) < 4.78 is 12.0. The van der Waals surface area contributed by atoms with Gasteiger partial charge in [-0.2, -0.15) is 0 Å². The summed E-state index contributed by atoms with van der Waals surface area (Å²) in [7, 11) is 1.86. The molecule has 1 aliphatic heterocycles. The fraction of sp³-hybridized carbons (Fsp3) is 0.300. The first kappa shape index (κ1) is 20.3. The van der Waals surface area contributed by atoms with E-state index in [2.05, 4.69) is 21.2 Å². The van der Waals surface area contributed by atoms with E-state index in [-0.39, 0.29) is 17.6 Å². The smallest absolute Gasteiger partial charge is 0.335 e. The number of halogens is 1. The standard InChI is InChI=1S/C20H21BrN2O5/c1-23(11-16-12-27-8-9-28-16)18-7-4-14(20(25)26)10-17(18)22-19(24)13-2-5-15(21)6-3-13/h2-7,10,16H,8-9,11-12H2,1H3,(H,22,24)(H,25,26). The van der Waals surface area contributed by atoms with Crippen molar-refractivity contribution in [2.45, 2.75) is 6.10 Å². The van der Waals surface area contributed by atoms with Crippen molar-refractivity contribution in [2.75, 3.05) is 43.6 Å². The molecular formula is C20H21BrN2O5. The van der Waals surface area contributed by atoms with Crippen LogP contribution >= 0.6 is 15.9 Å². The van der Waals surface area contributed by atoms with Crippen molar-refractivity contribution in [2.24, 2.45) is 0 Å². The van der Waals surface area contributed by atoms with Crippen LogP contribution in [0.15, 0.2) is 46.9 Å². The zero-order valence-corrected chi connectivity index (χ0v) is 16.9. The van der Waals surface area contributed by atoms with Gasteiger partial charge in [0, 0.05) is 23.6 Å². The van der Waals surface area contributed by atoms with Crippen molar-refractivity contribution < 1.29 is 24.2 Å². The van der Waals surface area contributed by atoms with Gasteiger partial charge in [0.15, 0.2) is 0 Å². The molecule has 28 heavy (non-hydrogen) atoms. The lowest BCUT2D eigenvalue weighted by Crippen LogP contribution is -2.38. The maximum absolute atomic E-state index is 12.6. The van der Waals surface area contributed by atoms with Crippen molar-refractivity contribution in [1.29, 1.82) is 0 Å². The van der Waals surface area contributed by atoms with Gasteiger partial charge in [-0.25, -0.2) is 4.79 Å². The minimum Gasteiger partial charge on any atom is -0.478 e. The molecule has 148 valence electrons. The van der Waals surface area contributed by atoms with E-state index in [1.165, 1.54) is 12.1 Å². The van der Waals surface area contributed by atoms with E-state index >= 15 is 0 Å². The summed E-state index contributed by atoms with van der Waals surface area (Å²) in [4.78, 5) is 25.9. The number of benzene rings is 2. The van der Waals surface area contributed by atoms with Crippen LogP contribution in [0.3, 0.4) is 0 Å². The van der Waals surface area contributed by atoms with E-state index in [0.717, 1.165) is 4.47 Å². The predicted octanol–water partition coefficient (Wildman–Crippen LogP) is 3.25. The van der Waals surface area contributed by atoms with Crippen LogP contribution in [0, 0.1) is 0 Å². The quantitative estimate of drug-likeness (QED) is 0.704. The lowest BCUT2D eigenvalue weighted by atomic mass is 10.1. The minimum atomic E-state index is -1.06. The molecule has 2 aromatic carbocycles. The Hall–Kier alpha value is -2.42. The normalized spacial score (nSPS) is 16.4. The summed E-state index contributed by atoms with van der Waals surface area (Å²) in [6, 6.07) is 11.6. The third-order valence-corrected chi connectivity index (χ3v) is 4.90. The highest BCUT2D eigenvalue weighted by Crippen LogP contribution is 2.28. The number of amides is 1. The van der Waals surface area contributed by atoms with Crippen LogP contribution in [0.2, 0.25) is 0 Å². The Morgan fingerprint density at radius 2 is 1.89 bits per heavy atom. The lowest BCUT2D eigenvalue weighted by Gasteiger charge is -2.30. The molecule has 2 aromatic rings. The maximum atomic E-state index is 12.6. The molecule has 0 aliphatic carbocycles. The first-order valence-corrected chi connectivity index (χ1v) is 9.58. The molecule has 1 unspecified atom stereocenters. The van der Waals surface area contributed by atoms with Gasteiger partial charge in [0.1, 0.15) is 0 Å². The average molecular weight is 449 g/mol. The largest absolute Gasteiger partial charge is 0.478 e. The Morgan fingerprint density at radius 1 is 1.18 bits per heavy atom. The molecule has 0 spiro atoms. The number of carboxylic acids is 1. The summed E-state index contributed by atoms with van der Waals surface area (Å²) in [5.41, 5.74) is 1.69. The molecule has 1 saturated heterocycles. The van der Waals surface area contributed by atoms with Crippen LogP contribution in [0.1, 0.15) is 20.7 Å². The number of hydrogen-bond acceptors (Lipinski definition) is 5. The molecule has 1 aliphatic rings. The van der Waals surface area contributed by atoms with Gasteiger partial charge in [0.25, 0.3) is 5.91 Å². The number of nitrogens with one attached hydrogen (secondary N) is 1. The Balaban J connectivity index is 1.83. The first-order valence-electron chi connectivity index (χ1n) is 8.79. The van der Waals surface area contributed by atoms with Crippen molar-refractivity contribution in [3.63, 3.8) is 0 Å². The third-order valence-electron chi connectivity index (χ3n) is 4.37. The molecular weight excluding hydrogens is 428 g/mol. The Morgan fingerprint density at radius 3 is 2.54 bits per heavy atom. The average Bonchev–Trinajstić information content (AvgIpc) is 2.69. The minimum absolute atomic E-state index is 0.0899. The fourth-order valence-electron chi connectivity index (χ4n) is 2.94. The number of carboxylic acid groups (broad SMARTS) is 1. The van der Waals surface area contributed by atoms with Gasteiger partial charge < -0.3 is 24.8 Å². The molecule has 1 atom stereocenters. The van der Waals surface area contributed by atoms with Crippen molar-refractivity contribution >= 4 is 39.2 Å². The van der Waals surface area contributed by atoms with Gasteiger partial charge in [-0.05, 0) is 42.5 Å². The molecule has 2 N–H and O–H groups in total. The van der Waals surface area contributed by atoms with Gasteiger partial charge in [0.2, 0.25) is 0 Å². The number of nitrogens with zero attached hydrogens (tertiary/aromatic N) is 1. The van der Waals surface area contributed by atoms with Crippen molar-refractivity contribution in [3.8, 4) is 0 Å². The molecule has 0 saturated carbocycles.